The average molecular weight is 371 g/mol. The third-order valence-corrected chi connectivity index (χ3v) is 6.87. The van der Waals surface area contributed by atoms with Gasteiger partial charge in [-0.3, -0.25) is 0 Å². The molecule has 23 heavy (non-hydrogen) atoms. The minimum Gasteiger partial charge on any atom is -0.221 e. The normalized spacial score (nSPS) is 12.5. The fourth-order valence-corrected chi connectivity index (χ4v) is 5.22. The maximum Gasteiger partial charge on any atom is 0.260 e. The molecule has 0 bridgehead atoms. The Labute approximate surface area is 143 Å². The molecular weight excluding hydrogens is 352 g/mol. The standard InChI is InChI=1S/C14H18N4O2S3/c1-4-11-13(18-14(16-11)22-12(17-18)9(2)3)23(19,20)15-8-10-6-5-7-21-10/h5-7,9,15H,4,8H2,1-3H3. The van der Waals surface area contributed by atoms with Gasteiger partial charge in [-0.05, 0) is 17.9 Å². The molecule has 3 aromatic rings. The first-order valence-electron chi connectivity index (χ1n) is 7.32. The van der Waals surface area contributed by atoms with Crippen LogP contribution in [0.1, 0.15) is 42.3 Å². The average Bonchev–Trinajstić information content (AvgIpc) is 3.19. The van der Waals surface area contributed by atoms with Crippen LogP contribution in [0.25, 0.3) is 4.96 Å². The van der Waals surface area contributed by atoms with E-state index in [4.69, 9.17) is 0 Å². The largest absolute Gasteiger partial charge is 0.260 e. The van der Waals surface area contributed by atoms with E-state index >= 15 is 0 Å². The second-order valence-electron chi connectivity index (χ2n) is 5.41. The lowest BCUT2D eigenvalue weighted by Crippen LogP contribution is -2.25. The zero-order chi connectivity index (χ0) is 16.6. The number of hydrogen-bond acceptors (Lipinski definition) is 6. The molecule has 9 heteroatoms. The van der Waals surface area contributed by atoms with Crippen LogP contribution < -0.4 is 4.72 Å². The Morgan fingerprint density at radius 2 is 2.17 bits per heavy atom. The van der Waals surface area contributed by atoms with Crippen LogP contribution >= 0.6 is 22.7 Å². The van der Waals surface area contributed by atoms with E-state index in [1.54, 1.807) is 0 Å². The lowest BCUT2D eigenvalue weighted by molar-refractivity contribution is 0.571. The van der Waals surface area contributed by atoms with Gasteiger partial charge in [-0.25, -0.2) is 18.1 Å². The number of rotatable bonds is 6. The topological polar surface area (TPSA) is 76.4 Å². The van der Waals surface area contributed by atoms with E-state index in [0.29, 0.717) is 17.1 Å². The summed E-state index contributed by atoms with van der Waals surface area (Å²) in [7, 11) is -3.67. The molecule has 0 fully saturated rings. The van der Waals surface area contributed by atoms with Crippen molar-refractivity contribution in [2.75, 3.05) is 0 Å². The molecule has 0 aliphatic carbocycles. The first-order valence-corrected chi connectivity index (χ1v) is 10.5. The fraction of sp³-hybridized carbons (Fsp3) is 0.429. The lowest BCUT2D eigenvalue weighted by Gasteiger charge is -2.06. The molecule has 124 valence electrons. The van der Waals surface area contributed by atoms with Crippen LogP contribution in [0, 0.1) is 0 Å². The van der Waals surface area contributed by atoms with Crippen molar-refractivity contribution < 1.29 is 8.42 Å². The van der Waals surface area contributed by atoms with Gasteiger partial charge in [0.25, 0.3) is 10.0 Å². The van der Waals surface area contributed by atoms with Crippen LogP contribution in [0.4, 0.5) is 0 Å². The number of fused-ring (bicyclic) bond motifs is 1. The van der Waals surface area contributed by atoms with Crippen molar-refractivity contribution >= 4 is 37.7 Å². The number of aromatic nitrogens is 3. The van der Waals surface area contributed by atoms with Gasteiger partial charge in [-0.15, -0.1) is 11.3 Å². The van der Waals surface area contributed by atoms with Gasteiger partial charge in [0.2, 0.25) is 4.96 Å². The molecule has 3 aromatic heterocycles. The number of aryl methyl sites for hydroxylation is 1. The van der Waals surface area contributed by atoms with Crippen molar-refractivity contribution in [3.05, 3.63) is 33.1 Å². The minimum absolute atomic E-state index is 0.162. The SMILES string of the molecule is CCc1nc2sc(C(C)C)nn2c1S(=O)(=O)NCc1cccs1. The molecule has 0 unspecified atom stereocenters. The summed E-state index contributed by atoms with van der Waals surface area (Å²) in [6.07, 6.45) is 0.544. The van der Waals surface area contributed by atoms with E-state index in [1.165, 1.54) is 27.2 Å². The summed E-state index contributed by atoms with van der Waals surface area (Å²) in [6, 6.07) is 3.80. The van der Waals surface area contributed by atoms with Crippen LogP contribution in [0.3, 0.4) is 0 Å². The van der Waals surface area contributed by atoms with Crippen molar-refractivity contribution in [1.82, 2.24) is 19.3 Å². The Morgan fingerprint density at radius 1 is 1.39 bits per heavy atom. The van der Waals surface area contributed by atoms with Gasteiger partial charge in [0.1, 0.15) is 5.01 Å². The van der Waals surface area contributed by atoms with Crippen LogP contribution in [0.2, 0.25) is 0 Å². The van der Waals surface area contributed by atoms with Gasteiger partial charge in [-0.1, -0.05) is 38.2 Å². The fourth-order valence-electron chi connectivity index (χ4n) is 2.17. The van der Waals surface area contributed by atoms with E-state index in [0.717, 1.165) is 9.88 Å². The molecule has 6 nitrogen and oxygen atoms in total. The van der Waals surface area contributed by atoms with Crippen molar-refractivity contribution in [2.24, 2.45) is 0 Å². The van der Waals surface area contributed by atoms with Crippen LogP contribution in [-0.2, 0) is 23.0 Å². The molecule has 0 aliphatic rings. The molecule has 0 spiro atoms. The van der Waals surface area contributed by atoms with Gasteiger partial charge < -0.3 is 0 Å². The molecule has 3 heterocycles. The predicted octanol–water partition coefficient (Wildman–Crippen LogP) is 3.02. The van der Waals surface area contributed by atoms with Crippen LogP contribution in [0.15, 0.2) is 22.5 Å². The zero-order valence-corrected chi connectivity index (χ0v) is 15.6. The highest BCUT2D eigenvalue weighted by Gasteiger charge is 2.27. The monoisotopic (exact) mass is 370 g/mol. The molecule has 0 aliphatic heterocycles. The van der Waals surface area contributed by atoms with E-state index in [1.807, 2.05) is 38.3 Å². The van der Waals surface area contributed by atoms with E-state index in [2.05, 4.69) is 14.8 Å². The third-order valence-electron chi connectivity index (χ3n) is 3.35. The van der Waals surface area contributed by atoms with Gasteiger partial charge >= 0.3 is 0 Å². The van der Waals surface area contributed by atoms with Crippen molar-refractivity contribution in [3.63, 3.8) is 0 Å². The Kier molecular flexibility index (Phi) is 4.54. The van der Waals surface area contributed by atoms with E-state index < -0.39 is 10.0 Å². The number of nitrogens with zero attached hydrogens (tertiary/aromatic N) is 3. The van der Waals surface area contributed by atoms with Crippen LogP contribution in [-0.4, -0.2) is 23.0 Å². The third kappa shape index (κ3) is 3.18. The summed E-state index contributed by atoms with van der Waals surface area (Å²) < 4.78 is 29.6. The molecule has 0 saturated heterocycles. The van der Waals surface area contributed by atoms with Crippen molar-refractivity contribution in [3.8, 4) is 0 Å². The maximum atomic E-state index is 12.8. The highest BCUT2D eigenvalue weighted by Crippen LogP contribution is 2.26. The molecule has 0 atom stereocenters. The number of sulfonamides is 1. The highest BCUT2D eigenvalue weighted by molar-refractivity contribution is 7.89. The Balaban J connectivity index is 2.01. The summed E-state index contributed by atoms with van der Waals surface area (Å²) in [5, 5.41) is 7.41. The Bertz CT molecular complexity index is 908. The Hall–Kier alpha value is -1.29. The number of thiophene rings is 1. The predicted molar refractivity (Wildman–Crippen MR) is 92.7 cm³/mol. The highest BCUT2D eigenvalue weighted by atomic mass is 32.2. The second kappa shape index (κ2) is 6.31. The summed E-state index contributed by atoms with van der Waals surface area (Å²) in [6.45, 7) is 6.23. The molecule has 0 radical (unpaired) electrons. The van der Waals surface area contributed by atoms with Gasteiger partial charge in [0.05, 0.1) is 5.69 Å². The molecule has 0 saturated carbocycles. The molecule has 3 rings (SSSR count). The quantitative estimate of drug-likeness (QED) is 0.724. The first-order chi connectivity index (χ1) is 10.9. The van der Waals surface area contributed by atoms with Crippen molar-refractivity contribution in [1.29, 1.82) is 0 Å². The summed E-state index contributed by atoms with van der Waals surface area (Å²) >= 11 is 2.96. The van der Waals surface area contributed by atoms with E-state index in [9.17, 15) is 8.42 Å². The number of imidazole rings is 1. The summed E-state index contributed by atoms with van der Waals surface area (Å²) in [5.74, 6) is 0.237. The Morgan fingerprint density at radius 3 is 2.78 bits per heavy atom. The maximum absolute atomic E-state index is 12.8. The van der Waals surface area contributed by atoms with Crippen molar-refractivity contribution in [2.45, 2.75) is 44.7 Å². The van der Waals surface area contributed by atoms with Crippen LogP contribution in [0.5, 0.6) is 0 Å². The molecule has 0 aromatic carbocycles. The first kappa shape index (κ1) is 16.6. The molecular formula is C14H18N4O2S3. The number of hydrogen-bond donors (Lipinski definition) is 1. The second-order valence-corrected chi connectivity index (χ2v) is 9.11. The van der Waals surface area contributed by atoms with Gasteiger partial charge in [0.15, 0.2) is 5.03 Å². The summed E-state index contributed by atoms with van der Waals surface area (Å²) in [5.41, 5.74) is 0.553. The summed E-state index contributed by atoms with van der Waals surface area (Å²) in [4.78, 5) is 6.04. The minimum atomic E-state index is -3.67. The lowest BCUT2D eigenvalue weighted by atomic mass is 10.2. The number of nitrogens with one attached hydrogen (secondary N) is 1. The van der Waals surface area contributed by atoms with Gasteiger partial charge in [-0.2, -0.15) is 9.61 Å². The van der Waals surface area contributed by atoms with Gasteiger partial charge in [0, 0.05) is 17.3 Å². The smallest absolute Gasteiger partial charge is 0.221 e. The van der Waals surface area contributed by atoms with E-state index in [-0.39, 0.29) is 17.5 Å². The zero-order valence-electron chi connectivity index (χ0n) is 13.1. The molecule has 1 N–H and O–H groups in total. The molecule has 0 amide bonds.